The molecule has 1 unspecified atom stereocenters. The van der Waals surface area contributed by atoms with Crippen LogP contribution in [0.3, 0.4) is 0 Å². The van der Waals surface area contributed by atoms with E-state index in [1.807, 2.05) is 29.9 Å². The third-order valence-electron chi connectivity index (χ3n) is 7.35. The zero-order valence-corrected chi connectivity index (χ0v) is 18.3. The van der Waals surface area contributed by atoms with Crippen molar-refractivity contribution in [2.75, 3.05) is 29.9 Å². The molecule has 2 aromatic rings. The Morgan fingerprint density at radius 2 is 1.81 bits per heavy atom. The lowest BCUT2D eigenvalue weighted by atomic mass is 9.85. The molecule has 0 spiro atoms. The van der Waals surface area contributed by atoms with Gasteiger partial charge in [0.2, 0.25) is 5.91 Å². The van der Waals surface area contributed by atoms with Gasteiger partial charge in [0, 0.05) is 56.0 Å². The molecule has 3 aliphatic heterocycles. The van der Waals surface area contributed by atoms with Crippen molar-refractivity contribution in [2.24, 2.45) is 7.05 Å². The minimum absolute atomic E-state index is 0.0186. The second kappa shape index (κ2) is 8.28. The number of fused-ring (bicyclic) bond motifs is 2. The second-order valence-corrected chi connectivity index (χ2v) is 9.50. The molecule has 2 bridgehead atoms. The Morgan fingerprint density at radius 1 is 1.13 bits per heavy atom. The molecule has 7 nitrogen and oxygen atoms in total. The normalized spacial score (nSPS) is 28.6. The molecule has 1 aromatic heterocycles. The lowest BCUT2D eigenvalue weighted by Crippen LogP contribution is -2.52. The maximum absolute atomic E-state index is 12.8. The third kappa shape index (κ3) is 4.08. The summed E-state index contributed by atoms with van der Waals surface area (Å²) in [4.78, 5) is 21.9. The van der Waals surface area contributed by atoms with Gasteiger partial charge < -0.3 is 19.9 Å². The Hall–Kier alpha value is -2.38. The highest BCUT2D eigenvalue weighted by atomic mass is 16.3. The van der Waals surface area contributed by atoms with Crippen LogP contribution in [0.1, 0.15) is 50.8 Å². The van der Waals surface area contributed by atoms with Crippen LogP contribution < -0.4 is 10.2 Å². The molecule has 7 heteroatoms. The monoisotopic (exact) mass is 423 g/mol. The van der Waals surface area contributed by atoms with Crippen LogP contribution in [0.15, 0.2) is 36.7 Å². The van der Waals surface area contributed by atoms with E-state index < -0.39 is 5.60 Å². The van der Waals surface area contributed by atoms with Crippen molar-refractivity contribution < 1.29 is 9.90 Å². The van der Waals surface area contributed by atoms with E-state index in [0.29, 0.717) is 19.4 Å². The van der Waals surface area contributed by atoms with Gasteiger partial charge in [-0.15, -0.1) is 0 Å². The van der Waals surface area contributed by atoms with E-state index in [1.54, 1.807) is 6.20 Å². The summed E-state index contributed by atoms with van der Waals surface area (Å²) in [5, 5.41) is 14.4. The largest absolute Gasteiger partial charge is 0.382 e. The molecule has 5 rings (SSSR count). The van der Waals surface area contributed by atoms with Gasteiger partial charge in [-0.1, -0.05) is 0 Å². The summed E-state index contributed by atoms with van der Waals surface area (Å²) in [7, 11) is 1.93. The highest BCUT2D eigenvalue weighted by Gasteiger charge is 2.50. The highest BCUT2D eigenvalue weighted by molar-refractivity contribution is 5.92. The average molecular weight is 424 g/mol. The van der Waals surface area contributed by atoms with Crippen LogP contribution >= 0.6 is 0 Å². The van der Waals surface area contributed by atoms with E-state index in [4.69, 9.17) is 0 Å². The Morgan fingerprint density at radius 3 is 2.42 bits per heavy atom. The van der Waals surface area contributed by atoms with Gasteiger partial charge in [-0.25, -0.2) is 4.98 Å². The number of aromatic nitrogens is 2. The van der Waals surface area contributed by atoms with Crippen LogP contribution in [0.25, 0.3) is 0 Å². The number of benzene rings is 1. The molecule has 2 N–H and O–H groups in total. The summed E-state index contributed by atoms with van der Waals surface area (Å²) >= 11 is 0. The molecule has 1 amide bonds. The number of nitrogens with one attached hydrogen (secondary N) is 1. The third-order valence-corrected chi connectivity index (χ3v) is 7.35. The van der Waals surface area contributed by atoms with Crippen LogP contribution in [-0.2, 0) is 17.4 Å². The fourth-order valence-corrected chi connectivity index (χ4v) is 5.84. The first kappa shape index (κ1) is 20.5. The summed E-state index contributed by atoms with van der Waals surface area (Å²) in [5.41, 5.74) is 1.18. The Kier molecular flexibility index (Phi) is 5.48. The summed E-state index contributed by atoms with van der Waals surface area (Å²) < 4.78 is 1.91. The second-order valence-electron chi connectivity index (χ2n) is 9.50. The topological polar surface area (TPSA) is 73.6 Å². The van der Waals surface area contributed by atoms with Gasteiger partial charge in [-0.3, -0.25) is 9.69 Å². The van der Waals surface area contributed by atoms with Crippen molar-refractivity contribution in [1.82, 2.24) is 14.5 Å². The van der Waals surface area contributed by atoms with Gasteiger partial charge in [-0.05, 0) is 69.2 Å². The molecule has 0 saturated carbocycles. The lowest BCUT2D eigenvalue weighted by Gasteiger charge is -2.43. The Balaban J connectivity index is 1.19. The number of hydrogen-bond donors (Lipinski definition) is 2. The molecule has 31 heavy (non-hydrogen) atoms. The number of anilines is 2. The van der Waals surface area contributed by atoms with Crippen LogP contribution in [-0.4, -0.2) is 57.2 Å². The Labute approximate surface area is 184 Å². The van der Waals surface area contributed by atoms with E-state index >= 15 is 0 Å². The summed E-state index contributed by atoms with van der Waals surface area (Å²) in [5.74, 6) is 0.757. The smallest absolute Gasteiger partial charge is 0.238 e. The number of piperidine rings is 2. The summed E-state index contributed by atoms with van der Waals surface area (Å²) in [6.45, 7) is 2.61. The molecule has 4 heterocycles. The number of nitrogens with zero attached hydrogens (tertiary/aromatic N) is 4. The number of carbonyl (C=O) groups excluding carboxylic acids is 1. The number of hydrogen-bond acceptors (Lipinski definition) is 5. The number of aryl methyl sites for hydroxylation is 1. The van der Waals surface area contributed by atoms with Gasteiger partial charge in [0.1, 0.15) is 11.4 Å². The zero-order chi connectivity index (χ0) is 21.4. The number of aliphatic hydroxyl groups is 1. The van der Waals surface area contributed by atoms with Crippen LogP contribution in [0.5, 0.6) is 0 Å². The Bertz CT molecular complexity index is 904. The maximum atomic E-state index is 12.8. The molecule has 0 radical (unpaired) electrons. The summed E-state index contributed by atoms with van der Waals surface area (Å²) in [6, 6.07) is 8.66. The molecule has 3 fully saturated rings. The number of rotatable bonds is 5. The van der Waals surface area contributed by atoms with E-state index in [9.17, 15) is 9.90 Å². The minimum atomic E-state index is -0.901. The van der Waals surface area contributed by atoms with Crippen molar-refractivity contribution in [2.45, 2.75) is 62.6 Å². The van der Waals surface area contributed by atoms with Crippen LogP contribution in [0, 0.1) is 0 Å². The van der Waals surface area contributed by atoms with Crippen molar-refractivity contribution in [3.63, 3.8) is 0 Å². The van der Waals surface area contributed by atoms with E-state index in [1.165, 1.54) is 24.9 Å². The molecular formula is C24H33N5O2. The molecule has 3 saturated heterocycles. The molecular weight excluding hydrogens is 390 g/mol. The quantitative estimate of drug-likeness (QED) is 0.774. The zero-order valence-electron chi connectivity index (χ0n) is 18.3. The fourth-order valence-electron chi connectivity index (χ4n) is 5.84. The van der Waals surface area contributed by atoms with E-state index in [-0.39, 0.29) is 18.0 Å². The van der Waals surface area contributed by atoms with Gasteiger partial charge in [0.05, 0.1) is 6.54 Å². The van der Waals surface area contributed by atoms with Crippen molar-refractivity contribution in [1.29, 1.82) is 0 Å². The van der Waals surface area contributed by atoms with E-state index in [2.05, 4.69) is 32.2 Å². The SMILES string of the molecule is Cn1ccnc1C1(O)C[C@H]2CC[C@@H](C1)N2CC(=O)Nc1ccc(N2CCCCC2)cc1. The van der Waals surface area contributed by atoms with Crippen LogP contribution in [0.4, 0.5) is 11.4 Å². The molecule has 0 aliphatic carbocycles. The molecule has 1 aromatic carbocycles. The first-order valence-electron chi connectivity index (χ1n) is 11.6. The fraction of sp³-hybridized carbons (Fsp3) is 0.583. The van der Waals surface area contributed by atoms with Crippen molar-refractivity contribution >= 4 is 17.3 Å². The van der Waals surface area contributed by atoms with Gasteiger partial charge >= 0.3 is 0 Å². The van der Waals surface area contributed by atoms with Gasteiger partial charge in [0.25, 0.3) is 0 Å². The van der Waals surface area contributed by atoms with Gasteiger partial charge in [0.15, 0.2) is 0 Å². The van der Waals surface area contributed by atoms with Gasteiger partial charge in [-0.2, -0.15) is 0 Å². The number of imidazole rings is 1. The predicted molar refractivity (Wildman–Crippen MR) is 121 cm³/mol. The first-order chi connectivity index (χ1) is 15.0. The predicted octanol–water partition coefficient (Wildman–Crippen LogP) is 2.86. The lowest BCUT2D eigenvalue weighted by molar-refractivity contribution is -0.121. The molecule has 3 aliphatic rings. The van der Waals surface area contributed by atoms with Crippen LogP contribution in [0.2, 0.25) is 0 Å². The highest BCUT2D eigenvalue weighted by Crippen LogP contribution is 2.45. The summed E-state index contributed by atoms with van der Waals surface area (Å²) in [6.07, 6.45) is 10.8. The first-order valence-corrected chi connectivity index (χ1v) is 11.6. The van der Waals surface area contributed by atoms with E-state index in [0.717, 1.165) is 37.4 Å². The molecule has 3 atom stereocenters. The molecule has 166 valence electrons. The standard InChI is InChI=1S/C24H33N5O2/c1-27-14-11-25-23(27)24(31)15-20-9-10-21(16-24)29(20)17-22(30)26-18-5-7-19(8-6-18)28-12-3-2-4-13-28/h5-8,11,14,20-21,31H,2-4,9-10,12-13,15-17H2,1H3,(H,26,30)/t20-,21+,24?. The number of carbonyl (C=O) groups is 1. The number of amides is 1. The average Bonchev–Trinajstić information content (AvgIpc) is 3.31. The maximum Gasteiger partial charge on any atom is 0.238 e. The van der Waals surface area contributed by atoms with Crippen molar-refractivity contribution in [3.8, 4) is 0 Å². The van der Waals surface area contributed by atoms with Crippen molar-refractivity contribution in [3.05, 3.63) is 42.5 Å². The minimum Gasteiger partial charge on any atom is -0.382 e.